The summed E-state index contributed by atoms with van der Waals surface area (Å²) in [6.07, 6.45) is 0.616. The van der Waals surface area contributed by atoms with Crippen molar-refractivity contribution in [3.63, 3.8) is 0 Å². The first-order valence-corrected chi connectivity index (χ1v) is 6.11. The molecule has 1 N–H and O–H groups in total. The van der Waals surface area contributed by atoms with Gasteiger partial charge in [0.25, 0.3) is 11.8 Å². The fraction of sp³-hybridized carbons (Fsp3) is 0.308. The highest BCUT2D eigenvalue weighted by molar-refractivity contribution is 5.71. The van der Waals surface area contributed by atoms with Crippen LogP contribution in [-0.4, -0.2) is 34.3 Å². The van der Waals surface area contributed by atoms with Gasteiger partial charge in [-0.3, -0.25) is 4.79 Å². The van der Waals surface area contributed by atoms with Crippen molar-refractivity contribution in [2.24, 2.45) is 5.92 Å². The summed E-state index contributed by atoms with van der Waals surface area (Å²) in [6, 6.07) is 9.49. The van der Waals surface area contributed by atoms with Crippen molar-refractivity contribution in [3.05, 3.63) is 30.3 Å². The first kappa shape index (κ1) is 11.7. The molecule has 0 radical (unpaired) electrons. The van der Waals surface area contributed by atoms with Crippen molar-refractivity contribution < 1.29 is 14.4 Å². The summed E-state index contributed by atoms with van der Waals surface area (Å²) in [5, 5.41) is 12.9. The van der Waals surface area contributed by atoms with Gasteiger partial charge >= 0.3 is 5.97 Å². The van der Waals surface area contributed by atoms with Crippen LogP contribution in [0.15, 0.2) is 34.9 Å². The Labute approximate surface area is 109 Å². The molecule has 0 amide bonds. The molecule has 1 fully saturated rings. The van der Waals surface area contributed by atoms with Gasteiger partial charge in [-0.1, -0.05) is 18.2 Å². The van der Waals surface area contributed by atoms with E-state index in [4.69, 9.17) is 9.63 Å². The van der Waals surface area contributed by atoms with Crippen LogP contribution in [0, 0.1) is 5.92 Å². The molecule has 1 saturated heterocycles. The van der Waals surface area contributed by atoms with E-state index in [1.165, 1.54) is 0 Å². The SMILES string of the molecule is O=C(O)C1CCN(c2noc(-c3ccccc3)n2)C1. The van der Waals surface area contributed by atoms with Gasteiger partial charge in [0.15, 0.2) is 0 Å². The van der Waals surface area contributed by atoms with Gasteiger partial charge in [-0.25, -0.2) is 0 Å². The summed E-state index contributed by atoms with van der Waals surface area (Å²) >= 11 is 0. The molecule has 1 atom stereocenters. The van der Waals surface area contributed by atoms with Crippen LogP contribution in [-0.2, 0) is 4.79 Å². The Balaban J connectivity index is 1.78. The van der Waals surface area contributed by atoms with Crippen LogP contribution in [0.5, 0.6) is 0 Å². The van der Waals surface area contributed by atoms with Crippen molar-refractivity contribution in [2.45, 2.75) is 6.42 Å². The number of hydrogen-bond donors (Lipinski definition) is 1. The molecule has 3 rings (SSSR count). The molecule has 6 heteroatoms. The minimum atomic E-state index is -0.769. The van der Waals surface area contributed by atoms with E-state index in [2.05, 4.69) is 10.1 Å². The number of carboxylic acids is 1. The van der Waals surface area contributed by atoms with Crippen LogP contribution < -0.4 is 4.90 Å². The third kappa shape index (κ3) is 2.29. The van der Waals surface area contributed by atoms with Gasteiger partial charge in [-0.2, -0.15) is 4.98 Å². The van der Waals surface area contributed by atoms with Gasteiger partial charge in [0, 0.05) is 18.7 Å². The van der Waals surface area contributed by atoms with E-state index in [-0.39, 0.29) is 5.92 Å². The molecule has 0 bridgehead atoms. The molecule has 98 valence electrons. The van der Waals surface area contributed by atoms with Gasteiger partial charge in [0.05, 0.1) is 5.92 Å². The molecular formula is C13H13N3O3. The Morgan fingerprint density at radius 2 is 2.16 bits per heavy atom. The number of aliphatic carboxylic acids is 1. The van der Waals surface area contributed by atoms with Gasteiger partial charge in [-0.15, -0.1) is 0 Å². The van der Waals surface area contributed by atoms with Gasteiger partial charge in [0.2, 0.25) is 0 Å². The second-order valence-electron chi connectivity index (χ2n) is 4.54. The largest absolute Gasteiger partial charge is 0.481 e. The van der Waals surface area contributed by atoms with Gasteiger partial charge in [-0.05, 0) is 23.7 Å². The second-order valence-corrected chi connectivity index (χ2v) is 4.54. The molecule has 1 aliphatic rings. The molecule has 0 aliphatic carbocycles. The van der Waals surface area contributed by atoms with Crippen molar-refractivity contribution in [2.75, 3.05) is 18.0 Å². The second kappa shape index (κ2) is 4.72. The van der Waals surface area contributed by atoms with Crippen molar-refractivity contribution in [3.8, 4) is 11.5 Å². The maximum atomic E-state index is 10.9. The number of nitrogens with zero attached hydrogens (tertiary/aromatic N) is 3. The van der Waals surface area contributed by atoms with Crippen molar-refractivity contribution >= 4 is 11.9 Å². The summed E-state index contributed by atoms with van der Waals surface area (Å²) in [6.45, 7) is 1.08. The fourth-order valence-electron chi connectivity index (χ4n) is 2.19. The Morgan fingerprint density at radius 1 is 1.37 bits per heavy atom. The summed E-state index contributed by atoms with van der Waals surface area (Å²) in [4.78, 5) is 17.1. The van der Waals surface area contributed by atoms with Crippen molar-refractivity contribution in [1.29, 1.82) is 0 Å². The van der Waals surface area contributed by atoms with Gasteiger partial charge in [0.1, 0.15) is 0 Å². The van der Waals surface area contributed by atoms with E-state index < -0.39 is 5.97 Å². The quantitative estimate of drug-likeness (QED) is 0.902. The summed E-state index contributed by atoms with van der Waals surface area (Å²) in [5.74, 6) is -0.204. The minimum Gasteiger partial charge on any atom is -0.481 e. The predicted octanol–water partition coefficient (Wildman–Crippen LogP) is 1.65. The monoisotopic (exact) mass is 259 g/mol. The number of aromatic nitrogens is 2. The number of carbonyl (C=O) groups is 1. The minimum absolute atomic E-state index is 0.348. The smallest absolute Gasteiger partial charge is 0.308 e. The third-order valence-corrected chi connectivity index (χ3v) is 3.26. The van der Waals surface area contributed by atoms with Crippen LogP contribution >= 0.6 is 0 Å². The number of benzene rings is 1. The lowest BCUT2D eigenvalue weighted by Gasteiger charge is -2.11. The highest BCUT2D eigenvalue weighted by Gasteiger charge is 2.30. The summed E-state index contributed by atoms with van der Waals surface area (Å²) < 4.78 is 5.21. The molecule has 1 aromatic carbocycles. The molecule has 2 aromatic rings. The Kier molecular flexibility index (Phi) is 2.91. The normalized spacial score (nSPS) is 18.7. The summed E-state index contributed by atoms with van der Waals surface area (Å²) in [5.41, 5.74) is 0.857. The van der Waals surface area contributed by atoms with E-state index in [0.717, 1.165) is 5.56 Å². The van der Waals surface area contributed by atoms with E-state index >= 15 is 0 Å². The Bertz CT molecular complexity index is 582. The Hall–Kier alpha value is -2.37. The maximum Gasteiger partial charge on any atom is 0.308 e. The lowest BCUT2D eigenvalue weighted by Crippen LogP contribution is -2.23. The van der Waals surface area contributed by atoms with Crippen LogP contribution in [0.3, 0.4) is 0 Å². The topological polar surface area (TPSA) is 79.5 Å². The van der Waals surface area contributed by atoms with E-state index in [1.807, 2.05) is 35.2 Å². The van der Waals surface area contributed by atoms with Crippen LogP contribution in [0.25, 0.3) is 11.5 Å². The molecule has 2 heterocycles. The molecule has 1 aromatic heterocycles. The zero-order valence-corrected chi connectivity index (χ0v) is 10.2. The first-order valence-electron chi connectivity index (χ1n) is 6.11. The molecule has 0 spiro atoms. The average Bonchev–Trinajstić information content (AvgIpc) is 3.09. The number of rotatable bonds is 3. The molecule has 1 aliphatic heterocycles. The zero-order valence-electron chi connectivity index (χ0n) is 10.2. The Morgan fingerprint density at radius 3 is 2.84 bits per heavy atom. The highest BCUT2D eigenvalue weighted by Crippen LogP contribution is 2.24. The average molecular weight is 259 g/mol. The maximum absolute atomic E-state index is 10.9. The molecule has 6 nitrogen and oxygen atoms in total. The van der Waals surface area contributed by atoms with E-state index in [0.29, 0.717) is 31.3 Å². The highest BCUT2D eigenvalue weighted by atomic mass is 16.5. The number of anilines is 1. The standard InChI is InChI=1S/C13H13N3O3/c17-12(18)10-6-7-16(8-10)13-14-11(19-15-13)9-4-2-1-3-5-9/h1-5,10H,6-8H2,(H,17,18). The number of carboxylic acid groups (broad SMARTS) is 1. The first-order chi connectivity index (χ1) is 9.24. The van der Waals surface area contributed by atoms with Gasteiger partial charge < -0.3 is 14.5 Å². The van der Waals surface area contributed by atoms with E-state index in [1.54, 1.807) is 0 Å². The third-order valence-electron chi connectivity index (χ3n) is 3.26. The van der Waals surface area contributed by atoms with Crippen LogP contribution in [0.1, 0.15) is 6.42 Å². The zero-order chi connectivity index (χ0) is 13.2. The van der Waals surface area contributed by atoms with Crippen LogP contribution in [0.2, 0.25) is 0 Å². The summed E-state index contributed by atoms with van der Waals surface area (Å²) in [7, 11) is 0. The number of hydrogen-bond acceptors (Lipinski definition) is 5. The molecule has 1 unspecified atom stereocenters. The van der Waals surface area contributed by atoms with Crippen LogP contribution in [0.4, 0.5) is 5.95 Å². The molecule has 19 heavy (non-hydrogen) atoms. The molecular weight excluding hydrogens is 246 g/mol. The fourth-order valence-corrected chi connectivity index (χ4v) is 2.19. The van der Waals surface area contributed by atoms with Crippen molar-refractivity contribution in [1.82, 2.24) is 10.1 Å². The van der Waals surface area contributed by atoms with E-state index in [9.17, 15) is 4.79 Å². The lowest BCUT2D eigenvalue weighted by molar-refractivity contribution is -0.140. The molecule has 0 saturated carbocycles. The lowest BCUT2D eigenvalue weighted by atomic mass is 10.1. The predicted molar refractivity (Wildman–Crippen MR) is 67.7 cm³/mol.